The van der Waals surface area contributed by atoms with Crippen molar-refractivity contribution in [2.24, 2.45) is 0 Å². The molecule has 4 nitrogen and oxygen atoms in total. The highest BCUT2D eigenvalue weighted by Crippen LogP contribution is 2.14. The Kier molecular flexibility index (Phi) is 31.9. The van der Waals surface area contributed by atoms with Crippen LogP contribution in [0.3, 0.4) is 0 Å². The van der Waals surface area contributed by atoms with Crippen molar-refractivity contribution in [2.45, 2.75) is 206 Å². The van der Waals surface area contributed by atoms with Gasteiger partial charge in [0, 0.05) is 6.42 Å². The van der Waals surface area contributed by atoms with E-state index in [1.807, 2.05) is 6.08 Å². The third-order valence-electron chi connectivity index (χ3n) is 8.27. The van der Waals surface area contributed by atoms with Crippen LogP contribution >= 0.6 is 0 Å². The van der Waals surface area contributed by atoms with Gasteiger partial charge < -0.3 is 15.5 Å². The minimum atomic E-state index is -0.831. The van der Waals surface area contributed by atoms with E-state index in [9.17, 15) is 15.0 Å². The molecule has 0 heterocycles. The average Bonchev–Trinajstić information content (AvgIpc) is 2.96. The SMILES string of the molecule is CCCCCCCCCCCCC/C=C/[C@H](O)[C@H](CO)NC(=O)CCCCCCCCCCCCCCCCC. The molecule has 0 unspecified atom stereocenters. The second kappa shape index (κ2) is 32.6. The summed E-state index contributed by atoms with van der Waals surface area (Å²) in [5, 5.41) is 22.8. The smallest absolute Gasteiger partial charge is 0.220 e. The predicted molar refractivity (Wildman–Crippen MR) is 175 cm³/mol. The molecule has 0 aliphatic rings. The number of rotatable bonds is 32. The van der Waals surface area contributed by atoms with E-state index in [1.165, 1.54) is 148 Å². The number of aliphatic hydroxyl groups is 2. The Balaban J connectivity index is 3.60. The number of unbranched alkanes of at least 4 members (excludes halogenated alkanes) is 25. The predicted octanol–water partition coefficient (Wildman–Crippen LogP) is 10.3. The van der Waals surface area contributed by atoms with Gasteiger partial charge in [-0.25, -0.2) is 0 Å². The van der Waals surface area contributed by atoms with Crippen LogP contribution in [0.2, 0.25) is 0 Å². The van der Waals surface area contributed by atoms with Crippen LogP contribution in [0, 0.1) is 0 Å². The maximum absolute atomic E-state index is 12.3. The summed E-state index contributed by atoms with van der Waals surface area (Å²) in [5.41, 5.74) is 0. The fraction of sp³-hybridized carbons (Fsp3) is 0.917. The van der Waals surface area contributed by atoms with Crippen LogP contribution in [0.25, 0.3) is 0 Å². The number of carbonyl (C=O) groups excluding carboxylic acids is 1. The van der Waals surface area contributed by atoms with Crippen molar-refractivity contribution in [3.63, 3.8) is 0 Å². The second-order valence-electron chi connectivity index (χ2n) is 12.3. The first kappa shape index (κ1) is 39.1. The Morgan fingerprint density at radius 2 is 0.925 bits per heavy atom. The van der Waals surface area contributed by atoms with Crippen molar-refractivity contribution in [3.05, 3.63) is 12.2 Å². The molecule has 0 aromatic carbocycles. The van der Waals surface area contributed by atoms with Crippen molar-refractivity contribution in [1.82, 2.24) is 5.32 Å². The third kappa shape index (κ3) is 28.7. The zero-order valence-electron chi connectivity index (χ0n) is 27.1. The number of hydrogen-bond donors (Lipinski definition) is 3. The van der Waals surface area contributed by atoms with Crippen LogP contribution in [0.1, 0.15) is 194 Å². The third-order valence-corrected chi connectivity index (χ3v) is 8.27. The Bertz CT molecular complexity index is 536. The van der Waals surface area contributed by atoms with Gasteiger partial charge in [-0.15, -0.1) is 0 Å². The van der Waals surface area contributed by atoms with Gasteiger partial charge in [0.05, 0.1) is 18.8 Å². The molecule has 40 heavy (non-hydrogen) atoms. The lowest BCUT2D eigenvalue weighted by atomic mass is 10.0. The van der Waals surface area contributed by atoms with Gasteiger partial charge in [-0.2, -0.15) is 0 Å². The molecule has 0 aliphatic heterocycles. The minimum absolute atomic E-state index is 0.0634. The lowest BCUT2D eigenvalue weighted by molar-refractivity contribution is -0.123. The van der Waals surface area contributed by atoms with E-state index >= 15 is 0 Å². The molecular weight excluding hydrogens is 494 g/mol. The maximum Gasteiger partial charge on any atom is 0.220 e. The average molecular weight is 566 g/mol. The zero-order valence-corrected chi connectivity index (χ0v) is 27.1. The largest absolute Gasteiger partial charge is 0.394 e. The van der Waals surface area contributed by atoms with Crippen LogP contribution < -0.4 is 5.32 Å². The number of allylic oxidation sites excluding steroid dienone is 1. The van der Waals surface area contributed by atoms with E-state index in [0.717, 1.165) is 25.7 Å². The highest BCUT2D eigenvalue weighted by molar-refractivity contribution is 5.76. The molecule has 0 aromatic heterocycles. The molecule has 0 aliphatic carbocycles. The van der Waals surface area contributed by atoms with E-state index in [4.69, 9.17) is 0 Å². The van der Waals surface area contributed by atoms with E-state index in [0.29, 0.717) is 6.42 Å². The van der Waals surface area contributed by atoms with Crippen molar-refractivity contribution in [3.8, 4) is 0 Å². The number of carbonyl (C=O) groups is 1. The van der Waals surface area contributed by atoms with Crippen molar-refractivity contribution in [2.75, 3.05) is 6.61 Å². The van der Waals surface area contributed by atoms with Crippen LogP contribution in [0.15, 0.2) is 12.2 Å². The molecule has 2 atom stereocenters. The normalized spacial score (nSPS) is 13.2. The van der Waals surface area contributed by atoms with Gasteiger partial charge in [-0.05, 0) is 19.3 Å². The number of amides is 1. The summed E-state index contributed by atoms with van der Waals surface area (Å²) in [6.07, 6.45) is 38.6. The Morgan fingerprint density at radius 3 is 1.30 bits per heavy atom. The first-order valence-corrected chi connectivity index (χ1v) is 17.9. The molecule has 1 amide bonds. The Morgan fingerprint density at radius 1 is 0.575 bits per heavy atom. The fourth-order valence-corrected chi connectivity index (χ4v) is 5.47. The summed E-state index contributed by atoms with van der Waals surface area (Å²) in [4.78, 5) is 12.3. The summed E-state index contributed by atoms with van der Waals surface area (Å²) >= 11 is 0. The van der Waals surface area contributed by atoms with Crippen molar-refractivity contribution >= 4 is 5.91 Å². The molecule has 0 fully saturated rings. The van der Waals surface area contributed by atoms with Gasteiger partial charge in [0.25, 0.3) is 0 Å². The summed E-state index contributed by atoms with van der Waals surface area (Å²) in [7, 11) is 0. The Hall–Kier alpha value is -0.870. The molecule has 0 aromatic rings. The van der Waals surface area contributed by atoms with Gasteiger partial charge in [0.2, 0.25) is 5.91 Å². The van der Waals surface area contributed by atoms with Crippen LogP contribution in [0.4, 0.5) is 0 Å². The molecule has 0 saturated heterocycles. The van der Waals surface area contributed by atoms with Gasteiger partial charge in [0.1, 0.15) is 0 Å². The second-order valence-corrected chi connectivity index (χ2v) is 12.3. The fourth-order valence-electron chi connectivity index (χ4n) is 5.47. The maximum atomic E-state index is 12.3. The van der Waals surface area contributed by atoms with Crippen LogP contribution in [-0.2, 0) is 4.79 Å². The van der Waals surface area contributed by atoms with Crippen molar-refractivity contribution in [1.29, 1.82) is 0 Å². The number of hydrogen-bond acceptors (Lipinski definition) is 3. The Labute approximate surface area is 250 Å². The summed E-state index contributed by atoms with van der Waals surface area (Å²) in [6, 6.07) is -0.614. The lowest BCUT2D eigenvalue weighted by Gasteiger charge is -2.20. The quantitative estimate of drug-likeness (QED) is 0.0561. The monoisotopic (exact) mass is 566 g/mol. The topological polar surface area (TPSA) is 69.6 Å². The van der Waals surface area contributed by atoms with Crippen molar-refractivity contribution < 1.29 is 15.0 Å². The molecule has 0 bridgehead atoms. The number of nitrogens with one attached hydrogen (secondary N) is 1. The first-order chi connectivity index (χ1) is 19.7. The van der Waals surface area contributed by atoms with E-state index in [2.05, 4.69) is 19.2 Å². The first-order valence-electron chi connectivity index (χ1n) is 17.9. The highest BCUT2D eigenvalue weighted by atomic mass is 16.3. The van der Waals surface area contributed by atoms with E-state index < -0.39 is 12.1 Å². The summed E-state index contributed by atoms with van der Waals surface area (Å²) in [6.45, 7) is 4.30. The molecular formula is C36H71NO3. The summed E-state index contributed by atoms with van der Waals surface area (Å²) in [5.74, 6) is -0.0634. The van der Waals surface area contributed by atoms with Gasteiger partial charge >= 0.3 is 0 Å². The van der Waals surface area contributed by atoms with Crippen LogP contribution in [0.5, 0.6) is 0 Å². The van der Waals surface area contributed by atoms with E-state index in [1.54, 1.807) is 6.08 Å². The minimum Gasteiger partial charge on any atom is -0.394 e. The van der Waals surface area contributed by atoms with Gasteiger partial charge in [-0.1, -0.05) is 180 Å². The van der Waals surface area contributed by atoms with E-state index in [-0.39, 0.29) is 12.5 Å². The van der Waals surface area contributed by atoms with Gasteiger partial charge in [0.15, 0.2) is 0 Å². The molecule has 0 spiro atoms. The molecule has 238 valence electrons. The summed E-state index contributed by atoms with van der Waals surface area (Å²) < 4.78 is 0. The van der Waals surface area contributed by atoms with Crippen LogP contribution in [-0.4, -0.2) is 34.9 Å². The zero-order chi connectivity index (χ0) is 29.4. The van der Waals surface area contributed by atoms with Gasteiger partial charge in [-0.3, -0.25) is 4.79 Å². The molecule has 0 rings (SSSR count). The highest BCUT2D eigenvalue weighted by Gasteiger charge is 2.17. The molecule has 3 N–H and O–H groups in total. The molecule has 0 saturated carbocycles. The molecule has 0 radical (unpaired) electrons. The molecule has 4 heteroatoms. The lowest BCUT2D eigenvalue weighted by Crippen LogP contribution is -2.45. The number of aliphatic hydroxyl groups excluding tert-OH is 2. The standard InChI is InChI=1S/C36H71NO3/c1-3-5-7-9-11-13-15-17-18-20-22-24-26-28-30-32-36(40)37-34(33-38)35(39)31-29-27-25-23-21-19-16-14-12-10-8-6-4-2/h29,31,34-35,38-39H,3-28,30,32-33H2,1-2H3,(H,37,40)/b31-29+/t34-,35-/m0/s1.